The minimum absolute atomic E-state index is 0.504. The van der Waals surface area contributed by atoms with Crippen LogP contribution in [-0.4, -0.2) is 4.21 Å². The summed E-state index contributed by atoms with van der Waals surface area (Å²) >= 11 is 0. The smallest absolute Gasteiger partial charge is 0.187 e. The highest BCUT2D eigenvalue weighted by molar-refractivity contribution is 7.88. The van der Waals surface area contributed by atoms with Gasteiger partial charge in [0.25, 0.3) is 0 Å². The van der Waals surface area contributed by atoms with Gasteiger partial charge < -0.3 is 0 Å². The van der Waals surface area contributed by atoms with Crippen LogP contribution in [-0.2, 0) is 17.2 Å². The van der Waals surface area contributed by atoms with Crippen LogP contribution in [0.3, 0.4) is 0 Å². The lowest BCUT2D eigenvalue weighted by atomic mass is 10.1. The van der Waals surface area contributed by atoms with Crippen LogP contribution in [0.2, 0.25) is 0 Å². The lowest BCUT2D eigenvalue weighted by Gasteiger charge is -2.01. The van der Waals surface area contributed by atoms with Crippen LogP contribution in [0, 0.1) is 6.92 Å². The first kappa shape index (κ1) is 14.7. The van der Waals surface area contributed by atoms with Gasteiger partial charge in [0, 0.05) is 4.90 Å². The van der Waals surface area contributed by atoms with Gasteiger partial charge in [0.15, 0.2) is 5.16 Å². The van der Waals surface area contributed by atoms with Crippen molar-refractivity contribution in [2.24, 2.45) is 0 Å². The monoisotopic (exact) mass is 288 g/mol. The molecule has 0 aliphatic rings. The van der Waals surface area contributed by atoms with Crippen LogP contribution < -0.4 is 0 Å². The summed E-state index contributed by atoms with van der Waals surface area (Å²) in [5, 5.41) is -0.565. The molecule has 2 aromatic rings. The Kier molecular flexibility index (Phi) is 5.24. The molecule has 0 aliphatic heterocycles. The van der Waals surface area contributed by atoms with Crippen molar-refractivity contribution in [3.63, 3.8) is 0 Å². The molecule has 20 heavy (non-hydrogen) atoms. The number of halogens is 1. The van der Waals surface area contributed by atoms with E-state index in [2.05, 4.69) is 0 Å². The van der Waals surface area contributed by atoms with E-state index in [1.165, 1.54) is 6.08 Å². The summed E-state index contributed by atoms with van der Waals surface area (Å²) in [6.07, 6.45) is 2.72. The molecule has 1 unspecified atom stereocenters. The van der Waals surface area contributed by atoms with Gasteiger partial charge >= 0.3 is 0 Å². The number of rotatable bonds is 5. The molecule has 0 aliphatic carbocycles. The second-order valence-corrected chi connectivity index (χ2v) is 6.01. The first-order valence-electron chi connectivity index (χ1n) is 6.55. The molecule has 0 N–H and O–H groups in total. The molecule has 0 fully saturated rings. The summed E-state index contributed by atoms with van der Waals surface area (Å²) in [6, 6.07) is 17.0. The van der Waals surface area contributed by atoms with Crippen molar-refractivity contribution >= 4 is 10.8 Å². The van der Waals surface area contributed by atoms with E-state index >= 15 is 0 Å². The standard InChI is InChI=1S/C17H17FOS/c1-14-10-12-16(13-11-14)20(19)17(18)9-5-8-15-6-3-2-4-7-15/h2-4,6-7,9-13H,5,8H2,1H3/b17-9-. The van der Waals surface area contributed by atoms with Crippen molar-refractivity contribution in [2.45, 2.75) is 24.7 Å². The van der Waals surface area contributed by atoms with Crippen LogP contribution in [0.1, 0.15) is 17.5 Å². The molecule has 0 saturated carbocycles. The molecule has 2 rings (SSSR count). The molecule has 3 heteroatoms. The normalized spacial score (nSPS) is 13.2. The first-order chi connectivity index (χ1) is 9.66. The van der Waals surface area contributed by atoms with E-state index < -0.39 is 16.0 Å². The highest BCUT2D eigenvalue weighted by Crippen LogP contribution is 2.17. The highest BCUT2D eigenvalue weighted by atomic mass is 32.2. The van der Waals surface area contributed by atoms with Crippen molar-refractivity contribution in [1.82, 2.24) is 0 Å². The summed E-state index contributed by atoms with van der Waals surface area (Å²) in [4.78, 5) is 0.504. The molecule has 0 saturated heterocycles. The molecule has 0 bridgehead atoms. The maximum Gasteiger partial charge on any atom is 0.187 e. The summed E-state index contributed by atoms with van der Waals surface area (Å²) < 4.78 is 25.8. The number of aryl methyl sites for hydroxylation is 2. The SMILES string of the molecule is Cc1ccc(S(=O)/C(F)=C\CCc2ccccc2)cc1. The van der Waals surface area contributed by atoms with E-state index in [1.807, 2.05) is 49.4 Å². The van der Waals surface area contributed by atoms with Crippen molar-refractivity contribution in [2.75, 3.05) is 0 Å². The van der Waals surface area contributed by atoms with E-state index in [0.717, 1.165) is 17.5 Å². The number of hydrogen-bond acceptors (Lipinski definition) is 1. The summed E-state index contributed by atoms with van der Waals surface area (Å²) in [7, 11) is -1.70. The van der Waals surface area contributed by atoms with Crippen LogP contribution >= 0.6 is 0 Å². The van der Waals surface area contributed by atoms with E-state index in [1.54, 1.807) is 12.1 Å². The molecule has 2 aromatic carbocycles. The quantitative estimate of drug-likeness (QED) is 0.789. The third kappa shape index (κ3) is 4.14. The maximum absolute atomic E-state index is 13.8. The van der Waals surface area contributed by atoms with Crippen molar-refractivity contribution in [3.05, 3.63) is 77.0 Å². The third-order valence-corrected chi connectivity index (χ3v) is 4.21. The molecule has 104 valence electrons. The maximum atomic E-state index is 13.8. The fraction of sp³-hybridized carbons (Fsp3) is 0.176. The van der Waals surface area contributed by atoms with E-state index in [9.17, 15) is 8.60 Å². The molecular weight excluding hydrogens is 271 g/mol. The molecule has 1 atom stereocenters. The minimum atomic E-state index is -1.70. The fourth-order valence-electron chi connectivity index (χ4n) is 1.85. The van der Waals surface area contributed by atoms with Gasteiger partial charge in [-0.3, -0.25) is 0 Å². The molecule has 0 amide bonds. The number of benzene rings is 2. The van der Waals surface area contributed by atoms with Gasteiger partial charge in [-0.25, -0.2) is 4.21 Å². The largest absolute Gasteiger partial charge is 0.247 e. The molecular formula is C17H17FOS. The molecule has 0 spiro atoms. The summed E-state index contributed by atoms with van der Waals surface area (Å²) in [5.41, 5.74) is 2.22. The topological polar surface area (TPSA) is 17.1 Å². The van der Waals surface area contributed by atoms with Crippen LogP contribution in [0.5, 0.6) is 0 Å². The Balaban J connectivity index is 1.96. The lowest BCUT2D eigenvalue weighted by molar-refractivity contribution is 0.646. The van der Waals surface area contributed by atoms with Gasteiger partial charge in [0.1, 0.15) is 10.8 Å². The summed E-state index contributed by atoms with van der Waals surface area (Å²) in [6.45, 7) is 1.94. The lowest BCUT2D eigenvalue weighted by Crippen LogP contribution is -1.92. The van der Waals surface area contributed by atoms with Crippen LogP contribution in [0.15, 0.2) is 70.7 Å². The Hall–Kier alpha value is -1.74. The minimum Gasteiger partial charge on any atom is -0.247 e. The Bertz CT molecular complexity index is 603. The van der Waals surface area contributed by atoms with Gasteiger partial charge in [-0.15, -0.1) is 0 Å². The Morgan fingerprint density at radius 2 is 1.75 bits per heavy atom. The van der Waals surface area contributed by atoms with Crippen LogP contribution in [0.4, 0.5) is 4.39 Å². The van der Waals surface area contributed by atoms with Gasteiger partial charge in [-0.1, -0.05) is 48.0 Å². The second-order valence-electron chi connectivity index (χ2n) is 4.61. The fourth-order valence-corrected chi connectivity index (χ4v) is 2.72. The predicted molar refractivity (Wildman–Crippen MR) is 81.5 cm³/mol. The zero-order chi connectivity index (χ0) is 14.4. The van der Waals surface area contributed by atoms with Crippen molar-refractivity contribution in [3.8, 4) is 0 Å². The Morgan fingerprint density at radius 1 is 1.10 bits per heavy atom. The number of allylic oxidation sites excluding steroid dienone is 1. The van der Waals surface area contributed by atoms with E-state index in [4.69, 9.17) is 0 Å². The van der Waals surface area contributed by atoms with Crippen molar-refractivity contribution in [1.29, 1.82) is 0 Å². The van der Waals surface area contributed by atoms with Crippen molar-refractivity contribution < 1.29 is 8.60 Å². The van der Waals surface area contributed by atoms with E-state index in [0.29, 0.717) is 11.3 Å². The highest BCUT2D eigenvalue weighted by Gasteiger charge is 2.09. The second kappa shape index (κ2) is 7.15. The first-order valence-corrected chi connectivity index (χ1v) is 7.70. The zero-order valence-electron chi connectivity index (χ0n) is 11.4. The van der Waals surface area contributed by atoms with E-state index in [-0.39, 0.29) is 0 Å². The Labute approximate surface area is 121 Å². The molecule has 0 radical (unpaired) electrons. The molecule has 0 aromatic heterocycles. The average molecular weight is 288 g/mol. The summed E-state index contributed by atoms with van der Waals surface area (Å²) in [5.74, 6) is 0. The molecule has 0 heterocycles. The third-order valence-electron chi connectivity index (χ3n) is 2.99. The van der Waals surface area contributed by atoms with Gasteiger partial charge in [0.05, 0.1) is 0 Å². The predicted octanol–water partition coefficient (Wildman–Crippen LogP) is 4.55. The Morgan fingerprint density at radius 3 is 2.40 bits per heavy atom. The van der Waals surface area contributed by atoms with Gasteiger partial charge in [-0.05, 0) is 43.5 Å². The van der Waals surface area contributed by atoms with Gasteiger partial charge in [-0.2, -0.15) is 4.39 Å². The van der Waals surface area contributed by atoms with Gasteiger partial charge in [0.2, 0.25) is 0 Å². The van der Waals surface area contributed by atoms with Crippen LogP contribution in [0.25, 0.3) is 0 Å². The number of hydrogen-bond donors (Lipinski definition) is 0. The average Bonchev–Trinajstić information content (AvgIpc) is 2.48. The molecule has 1 nitrogen and oxygen atoms in total. The zero-order valence-corrected chi connectivity index (χ0v) is 12.2.